The van der Waals surface area contributed by atoms with Crippen molar-refractivity contribution in [2.45, 2.75) is 25.3 Å². The predicted octanol–water partition coefficient (Wildman–Crippen LogP) is 0.0985. The zero-order chi connectivity index (χ0) is 10.8. The molecule has 84 valence electrons. The summed E-state index contributed by atoms with van der Waals surface area (Å²) in [6.07, 6.45) is 2.54. The van der Waals surface area contributed by atoms with Crippen LogP contribution in [0, 0.1) is 5.92 Å². The number of cyclic esters (lactones) is 1. The van der Waals surface area contributed by atoms with E-state index < -0.39 is 5.97 Å². The maximum absolute atomic E-state index is 11.1. The SMILES string of the molecule is O=C1CN(C2CCCC2C(=O)O)CCO1. The van der Waals surface area contributed by atoms with Gasteiger partial charge in [-0.15, -0.1) is 0 Å². The second-order valence-electron chi connectivity index (χ2n) is 4.13. The number of morpholine rings is 1. The number of nitrogens with zero attached hydrogens (tertiary/aromatic N) is 1. The van der Waals surface area contributed by atoms with E-state index in [1.54, 1.807) is 0 Å². The molecule has 2 unspecified atom stereocenters. The molecule has 1 aliphatic heterocycles. The van der Waals surface area contributed by atoms with Gasteiger partial charge in [-0.05, 0) is 12.8 Å². The molecule has 0 bridgehead atoms. The van der Waals surface area contributed by atoms with Gasteiger partial charge >= 0.3 is 11.9 Å². The van der Waals surface area contributed by atoms with Gasteiger partial charge in [-0.25, -0.2) is 0 Å². The fourth-order valence-corrected chi connectivity index (χ4v) is 2.52. The van der Waals surface area contributed by atoms with E-state index in [0.29, 0.717) is 13.2 Å². The summed E-state index contributed by atoms with van der Waals surface area (Å²) in [6, 6.07) is 0.0235. The molecule has 0 radical (unpaired) electrons. The first kappa shape index (κ1) is 10.4. The minimum Gasteiger partial charge on any atom is -0.481 e. The topological polar surface area (TPSA) is 66.8 Å². The van der Waals surface area contributed by atoms with Gasteiger partial charge in [0, 0.05) is 12.6 Å². The van der Waals surface area contributed by atoms with Gasteiger partial charge in [-0.3, -0.25) is 14.5 Å². The number of carbonyl (C=O) groups excluding carboxylic acids is 1. The van der Waals surface area contributed by atoms with Crippen molar-refractivity contribution in [1.29, 1.82) is 0 Å². The van der Waals surface area contributed by atoms with Crippen molar-refractivity contribution in [1.82, 2.24) is 4.90 Å². The van der Waals surface area contributed by atoms with Gasteiger partial charge in [0.05, 0.1) is 12.5 Å². The van der Waals surface area contributed by atoms with Gasteiger partial charge in [0.1, 0.15) is 6.61 Å². The van der Waals surface area contributed by atoms with Gasteiger partial charge < -0.3 is 9.84 Å². The van der Waals surface area contributed by atoms with Gasteiger partial charge in [0.2, 0.25) is 0 Å². The van der Waals surface area contributed by atoms with Crippen LogP contribution in [-0.2, 0) is 14.3 Å². The molecule has 1 saturated carbocycles. The second-order valence-corrected chi connectivity index (χ2v) is 4.13. The molecule has 0 spiro atoms. The molecule has 1 saturated heterocycles. The average molecular weight is 213 g/mol. The molecule has 1 N–H and O–H groups in total. The average Bonchev–Trinajstić information content (AvgIpc) is 2.65. The highest BCUT2D eigenvalue weighted by atomic mass is 16.5. The Morgan fingerprint density at radius 2 is 2.27 bits per heavy atom. The van der Waals surface area contributed by atoms with E-state index in [1.165, 1.54) is 0 Å². The normalized spacial score (nSPS) is 32.7. The molecule has 2 atom stereocenters. The van der Waals surface area contributed by atoms with E-state index in [9.17, 15) is 9.59 Å². The van der Waals surface area contributed by atoms with Crippen LogP contribution in [0.1, 0.15) is 19.3 Å². The van der Waals surface area contributed by atoms with Gasteiger partial charge in [-0.2, -0.15) is 0 Å². The van der Waals surface area contributed by atoms with Gasteiger partial charge in [-0.1, -0.05) is 6.42 Å². The van der Waals surface area contributed by atoms with E-state index in [-0.39, 0.29) is 24.5 Å². The Morgan fingerprint density at radius 3 is 2.93 bits per heavy atom. The Kier molecular flexibility index (Phi) is 2.90. The number of carbonyl (C=O) groups is 2. The van der Waals surface area contributed by atoms with E-state index >= 15 is 0 Å². The molecule has 0 aromatic heterocycles. The second kappa shape index (κ2) is 4.18. The zero-order valence-electron chi connectivity index (χ0n) is 8.52. The molecular formula is C10H15NO4. The summed E-state index contributed by atoms with van der Waals surface area (Å²) in [4.78, 5) is 24.0. The van der Waals surface area contributed by atoms with Crippen molar-refractivity contribution in [3.05, 3.63) is 0 Å². The van der Waals surface area contributed by atoms with Crippen LogP contribution >= 0.6 is 0 Å². The molecule has 0 aromatic rings. The van der Waals surface area contributed by atoms with Crippen LogP contribution in [0.4, 0.5) is 0 Å². The number of hydrogen-bond acceptors (Lipinski definition) is 4. The number of esters is 1. The van der Waals surface area contributed by atoms with Crippen molar-refractivity contribution in [3.63, 3.8) is 0 Å². The largest absolute Gasteiger partial charge is 0.481 e. The standard InChI is InChI=1S/C10H15NO4/c12-9-6-11(4-5-15-9)8-3-1-2-7(8)10(13)14/h7-8H,1-6H2,(H,13,14). The highest BCUT2D eigenvalue weighted by Crippen LogP contribution is 2.30. The summed E-state index contributed by atoms with van der Waals surface area (Å²) >= 11 is 0. The minimum atomic E-state index is -0.739. The highest BCUT2D eigenvalue weighted by molar-refractivity contribution is 5.73. The Bertz CT molecular complexity index is 279. The van der Waals surface area contributed by atoms with Gasteiger partial charge in [0.25, 0.3) is 0 Å². The number of carboxylic acid groups (broad SMARTS) is 1. The van der Waals surface area contributed by atoms with Crippen LogP contribution in [0.25, 0.3) is 0 Å². The lowest BCUT2D eigenvalue weighted by atomic mass is 10.0. The Labute approximate surface area is 88.0 Å². The summed E-state index contributed by atoms with van der Waals surface area (Å²) in [6.45, 7) is 1.30. The molecule has 5 heteroatoms. The zero-order valence-corrected chi connectivity index (χ0v) is 8.52. The van der Waals surface area contributed by atoms with Gasteiger partial charge in [0.15, 0.2) is 0 Å². The number of aliphatic carboxylic acids is 1. The third-order valence-corrected chi connectivity index (χ3v) is 3.24. The number of carboxylic acids is 1. The van der Waals surface area contributed by atoms with Crippen LogP contribution in [-0.4, -0.2) is 47.7 Å². The fourth-order valence-electron chi connectivity index (χ4n) is 2.52. The lowest BCUT2D eigenvalue weighted by Crippen LogP contribution is -2.48. The van der Waals surface area contributed by atoms with Crippen LogP contribution in [0.15, 0.2) is 0 Å². The maximum atomic E-state index is 11.1. The molecule has 0 aromatic carbocycles. The minimum absolute atomic E-state index is 0.0235. The maximum Gasteiger partial charge on any atom is 0.320 e. The van der Waals surface area contributed by atoms with Crippen LogP contribution in [0.2, 0.25) is 0 Å². The Hall–Kier alpha value is -1.10. The number of rotatable bonds is 2. The molecule has 2 aliphatic rings. The molecule has 2 fully saturated rings. The lowest BCUT2D eigenvalue weighted by Gasteiger charge is -2.33. The summed E-state index contributed by atoms with van der Waals surface area (Å²) in [5, 5.41) is 9.04. The van der Waals surface area contributed by atoms with Crippen LogP contribution in [0.5, 0.6) is 0 Å². The molecule has 1 heterocycles. The molecule has 15 heavy (non-hydrogen) atoms. The van der Waals surface area contributed by atoms with Crippen molar-refractivity contribution in [2.75, 3.05) is 19.7 Å². The van der Waals surface area contributed by atoms with Crippen molar-refractivity contribution < 1.29 is 19.4 Å². The van der Waals surface area contributed by atoms with Crippen molar-refractivity contribution in [2.24, 2.45) is 5.92 Å². The summed E-state index contributed by atoms with van der Waals surface area (Å²) in [5.41, 5.74) is 0. The highest BCUT2D eigenvalue weighted by Gasteiger charge is 2.38. The third kappa shape index (κ3) is 2.12. The first-order valence-corrected chi connectivity index (χ1v) is 5.31. The molecule has 2 rings (SSSR count). The van der Waals surface area contributed by atoms with Crippen LogP contribution < -0.4 is 0 Å². The number of ether oxygens (including phenoxy) is 1. The quantitative estimate of drug-likeness (QED) is 0.659. The Morgan fingerprint density at radius 1 is 1.47 bits per heavy atom. The van der Waals surface area contributed by atoms with Crippen molar-refractivity contribution in [3.8, 4) is 0 Å². The molecule has 1 aliphatic carbocycles. The first-order valence-electron chi connectivity index (χ1n) is 5.31. The molecular weight excluding hydrogens is 198 g/mol. The monoisotopic (exact) mass is 213 g/mol. The lowest BCUT2D eigenvalue weighted by molar-refractivity contribution is -0.155. The Balaban J connectivity index is 2.02. The molecule has 5 nitrogen and oxygen atoms in total. The van der Waals surface area contributed by atoms with Crippen LogP contribution in [0.3, 0.4) is 0 Å². The molecule has 0 amide bonds. The van der Waals surface area contributed by atoms with E-state index in [4.69, 9.17) is 9.84 Å². The number of hydrogen-bond donors (Lipinski definition) is 1. The fraction of sp³-hybridized carbons (Fsp3) is 0.800. The summed E-state index contributed by atoms with van der Waals surface area (Å²) in [5.74, 6) is -1.29. The van der Waals surface area contributed by atoms with E-state index in [0.717, 1.165) is 19.3 Å². The summed E-state index contributed by atoms with van der Waals surface area (Å²) < 4.78 is 4.84. The first-order chi connectivity index (χ1) is 7.18. The van der Waals surface area contributed by atoms with E-state index in [2.05, 4.69) is 0 Å². The van der Waals surface area contributed by atoms with E-state index in [1.807, 2.05) is 4.90 Å². The smallest absolute Gasteiger partial charge is 0.320 e. The third-order valence-electron chi connectivity index (χ3n) is 3.24. The summed E-state index contributed by atoms with van der Waals surface area (Å²) in [7, 11) is 0. The van der Waals surface area contributed by atoms with Crippen molar-refractivity contribution >= 4 is 11.9 Å². The predicted molar refractivity (Wildman–Crippen MR) is 51.3 cm³/mol.